The summed E-state index contributed by atoms with van der Waals surface area (Å²) < 4.78 is 11.4. The van der Waals surface area contributed by atoms with Gasteiger partial charge in [-0.3, -0.25) is 0 Å². The first-order valence-corrected chi connectivity index (χ1v) is 10.8. The Morgan fingerprint density at radius 1 is 0.640 bits per heavy atom. The molecule has 0 aromatic rings. The first-order valence-electron chi connectivity index (χ1n) is 10.8. The van der Waals surface area contributed by atoms with E-state index in [9.17, 15) is 0 Å². The summed E-state index contributed by atoms with van der Waals surface area (Å²) in [5, 5.41) is 0. The van der Waals surface area contributed by atoms with Gasteiger partial charge in [-0.05, 0) is 88.9 Å². The van der Waals surface area contributed by atoms with Crippen molar-refractivity contribution in [1.82, 2.24) is 0 Å². The van der Waals surface area contributed by atoms with Gasteiger partial charge in [0.1, 0.15) is 0 Å². The lowest BCUT2D eigenvalue weighted by atomic mass is 9.95. The van der Waals surface area contributed by atoms with E-state index in [1.54, 1.807) is 0 Å². The molecule has 0 atom stereocenters. The van der Waals surface area contributed by atoms with Gasteiger partial charge in [0.15, 0.2) is 0 Å². The van der Waals surface area contributed by atoms with Gasteiger partial charge < -0.3 is 9.47 Å². The maximum atomic E-state index is 5.70. The first kappa shape index (κ1) is 23.0. The lowest BCUT2D eigenvalue weighted by molar-refractivity contribution is 0.0374. The van der Waals surface area contributed by atoms with Gasteiger partial charge in [-0.25, -0.2) is 0 Å². The maximum absolute atomic E-state index is 5.70. The molecule has 0 aromatic heterocycles. The van der Waals surface area contributed by atoms with Crippen molar-refractivity contribution in [2.75, 3.05) is 13.2 Å². The van der Waals surface area contributed by atoms with Crippen LogP contribution in [0.2, 0.25) is 0 Å². The van der Waals surface area contributed by atoms with Crippen LogP contribution in [-0.2, 0) is 9.47 Å². The van der Waals surface area contributed by atoms with E-state index < -0.39 is 0 Å². The molecular formula is C23H46O2. The largest absolute Gasteiger partial charge is 0.378 e. The molecule has 150 valence electrons. The van der Waals surface area contributed by atoms with E-state index in [-0.39, 0.29) is 0 Å². The van der Waals surface area contributed by atoms with Crippen LogP contribution < -0.4 is 0 Å². The quantitative estimate of drug-likeness (QED) is 0.403. The predicted molar refractivity (Wildman–Crippen MR) is 109 cm³/mol. The standard InChI is InChI=1S/C12H24O.C11H22O/c1-10(2)5-6-12(7-8-12)9-13-11(3)4;1-9(2)7-11(5-6-11)8-12-10(3)4/h10-11H,5-9H2,1-4H3;9-10H,5-8H2,1-4H3. The highest BCUT2D eigenvalue weighted by Crippen LogP contribution is 2.51. The molecule has 2 heteroatoms. The molecule has 0 N–H and O–H groups in total. The molecule has 0 radical (unpaired) electrons. The van der Waals surface area contributed by atoms with Gasteiger partial charge >= 0.3 is 0 Å². The third-order valence-corrected chi connectivity index (χ3v) is 5.45. The second kappa shape index (κ2) is 10.3. The Balaban J connectivity index is 0.000000251. The first-order chi connectivity index (χ1) is 11.6. The number of hydrogen-bond donors (Lipinski definition) is 0. The second-order valence-corrected chi connectivity index (χ2v) is 10.3. The molecule has 2 aliphatic carbocycles. The molecule has 0 aliphatic heterocycles. The summed E-state index contributed by atoms with van der Waals surface area (Å²) >= 11 is 0. The van der Waals surface area contributed by atoms with E-state index in [4.69, 9.17) is 9.47 Å². The van der Waals surface area contributed by atoms with Crippen molar-refractivity contribution in [3.05, 3.63) is 0 Å². The summed E-state index contributed by atoms with van der Waals surface area (Å²) in [6, 6.07) is 0. The maximum Gasteiger partial charge on any atom is 0.0526 e. The van der Waals surface area contributed by atoms with Crippen molar-refractivity contribution in [3.63, 3.8) is 0 Å². The summed E-state index contributed by atoms with van der Waals surface area (Å²) in [5.41, 5.74) is 1.17. The lowest BCUT2D eigenvalue weighted by Gasteiger charge is -2.19. The van der Waals surface area contributed by atoms with Crippen LogP contribution in [0.5, 0.6) is 0 Å². The van der Waals surface area contributed by atoms with Gasteiger partial charge in [-0.2, -0.15) is 0 Å². The molecule has 0 amide bonds. The average molecular weight is 355 g/mol. The minimum absolute atomic E-state index is 0.398. The Labute approximate surface area is 158 Å². The van der Waals surface area contributed by atoms with Crippen molar-refractivity contribution in [2.24, 2.45) is 22.7 Å². The second-order valence-electron chi connectivity index (χ2n) is 10.3. The van der Waals surface area contributed by atoms with Crippen LogP contribution in [0.4, 0.5) is 0 Å². The van der Waals surface area contributed by atoms with Crippen LogP contribution in [0.15, 0.2) is 0 Å². The highest BCUT2D eigenvalue weighted by molar-refractivity contribution is 4.94. The summed E-state index contributed by atoms with van der Waals surface area (Å²) in [5.74, 6) is 1.67. The van der Waals surface area contributed by atoms with Crippen molar-refractivity contribution in [1.29, 1.82) is 0 Å². The molecule has 2 saturated carbocycles. The predicted octanol–water partition coefficient (Wildman–Crippen LogP) is 6.87. The third kappa shape index (κ3) is 10.6. The zero-order valence-corrected chi connectivity index (χ0v) is 18.5. The summed E-state index contributed by atoms with van der Waals surface area (Å²) in [7, 11) is 0. The molecule has 2 rings (SSSR count). The van der Waals surface area contributed by atoms with Crippen molar-refractivity contribution in [3.8, 4) is 0 Å². The summed E-state index contributed by atoms with van der Waals surface area (Å²) in [6.45, 7) is 19.7. The monoisotopic (exact) mass is 354 g/mol. The summed E-state index contributed by atoms with van der Waals surface area (Å²) in [4.78, 5) is 0. The number of hydrogen-bond acceptors (Lipinski definition) is 2. The molecule has 0 bridgehead atoms. The van der Waals surface area contributed by atoms with Gasteiger partial charge in [0, 0.05) is 0 Å². The fraction of sp³-hybridized carbons (Fsp3) is 1.00. The van der Waals surface area contributed by atoms with Crippen molar-refractivity contribution < 1.29 is 9.47 Å². The topological polar surface area (TPSA) is 18.5 Å². The van der Waals surface area contributed by atoms with E-state index in [2.05, 4.69) is 55.4 Å². The van der Waals surface area contributed by atoms with E-state index in [1.807, 2.05) is 0 Å². The molecule has 2 nitrogen and oxygen atoms in total. The molecule has 0 saturated heterocycles. The van der Waals surface area contributed by atoms with Crippen LogP contribution in [0, 0.1) is 22.7 Å². The molecule has 25 heavy (non-hydrogen) atoms. The summed E-state index contributed by atoms with van der Waals surface area (Å²) in [6.07, 6.45) is 10.4. The Morgan fingerprint density at radius 3 is 1.40 bits per heavy atom. The molecule has 2 fully saturated rings. The third-order valence-electron chi connectivity index (χ3n) is 5.45. The number of ether oxygens (including phenoxy) is 2. The van der Waals surface area contributed by atoms with Gasteiger partial charge in [0.25, 0.3) is 0 Å². The number of rotatable bonds is 11. The zero-order chi connectivity index (χ0) is 19.1. The smallest absolute Gasteiger partial charge is 0.0526 e. The fourth-order valence-electron chi connectivity index (χ4n) is 3.38. The highest BCUT2D eigenvalue weighted by Gasteiger charge is 2.43. The van der Waals surface area contributed by atoms with Gasteiger partial charge in [-0.1, -0.05) is 34.1 Å². The van der Waals surface area contributed by atoms with Crippen LogP contribution in [0.3, 0.4) is 0 Å². The van der Waals surface area contributed by atoms with Crippen LogP contribution in [-0.4, -0.2) is 25.4 Å². The Hall–Kier alpha value is -0.0800. The van der Waals surface area contributed by atoms with Gasteiger partial charge in [-0.15, -0.1) is 0 Å². The minimum Gasteiger partial charge on any atom is -0.378 e. The molecule has 0 heterocycles. The Morgan fingerprint density at radius 2 is 1.08 bits per heavy atom. The van der Waals surface area contributed by atoms with Crippen LogP contribution >= 0.6 is 0 Å². The molecule has 0 unspecified atom stereocenters. The zero-order valence-electron chi connectivity index (χ0n) is 18.5. The van der Waals surface area contributed by atoms with E-state index in [0.717, 1.165) is 25.0 Å². The van der Waals surface area contributed by atoms with Crippen LogP contribution in [0.1, 0.15) is 100 Å². The molecular weight excluding hydrogens is 308 g/mol. The molecule has 0 spiro atoms. The molecule has 0 aromatic carbocycles. The van der Waals surface area contributed by atoms with Gasteiger partial charge in [0.05, 0.1) is 25.4 Å². The van der Waals surface area contributed by atoms with Crippen molar-refractivity contribution >= 4 is 0 Å². The van der Waals surface area contributed by atoms with E-state index in [0.29, 0.717) is 23.0 Å². The molecule has 2 aliphatic rings. The average Bonchev–Trinajstić information content (AvgIpc) is 3.39. The Bertz CT molecular complexity index is 335. The van der Waals surface area contributed by atoms with E-state index in [1.165, 1.54) is 44.9 Å². The highest BCUT2D eigenvalue weighted by atomic mass is 16.5. The Kier molecular flexibility index (Phi) is 9.46. The SMILES string of the molecule is CC(C)CC1(COC(C)C)CC1.CC(C)CCC1(COC(C)C)CC1. The van der Waals surface area contributed by atoms with Gasteiger partial charge in [0.2, 0.25) is 0 Å². The normalized spacial score (nSPS) is 20.2. The fourth-order valence-corrected chi connectivity index (χ4v) is 3.38. The van der Waals surface area contributed by atoms with Crippen LogP contribution in [0.25, 0.3) is 0 Å². The lowest BCUT2D eigenvalue weighted by Crippen LogP contribution is -2.16. The minimum atomic E-state index is 0.398. The van der Waals surface area contributed by atoms with E-state index >= 15 is 0 Å². The van der Waals surface area contributed by atoms with Crippen molar-refractivity contribution in [2.45, 2.75) is 113 Å².